The number of hydrogen-bond acceptors (Lipinski definition) is 5. The molecule has 0 spiro atoms. The highest BCUT2D eigenvalue weighted by molar-refractivity contribution is 7.18. The molecular formula is C14H18N4S. The largest absolute Gasteiger partial charge is 0.351 e. The van der Waals surface area contributed by atoms with E-state index in [0.29, 0.717) is 6.04 Å². The third kappa shape index (κ3) is 1.83. The molecule has 100 valence electrons. The van der Waals surface area contributed by atoms with E-state index in [-0.39, 0.29) is 0 Å². The van der Waals surface area contributed by atoms with Crippen LogP contribution in [0.25, 0.3) is 10.2 Å². The quantitative estimate of drug-likeness (QED) is 0.865. The van der Waals surface area contributed by atoms with E-state index in [4.69, 9.17) is 0 Å². The van der Waals surface area contributed by atoms with Crippen LogP contribution < -0.4 is 10.2 Å². The molecule has 2 aromatic rings. The lowest BCUT2D eigenvalue weighted by atomic mass is 9.92. The molecule has 2 aliphatic heterocycles. The Morgan fingerprint density at radius 2 is 2.32 bits per heavy atom. The number of aryl methyl sites for hydroxylation is 1. The van der Waals surface area contributed by atoms with E-state index in [1.165, 1.54) is 23.1 Å². The van der Waals surface area contributed by atoms with Crippen LogP contribution >= 0.6 is 11.3 Å². The van der Waals surface area contributed by atoms with Gasteiger partial charge in [-0.2, -0.15) is 0 Å². The lowest BCUT2D eigenvalue weighted by molar-refractivity contribution is 0.384. The molecule has 0 amide bonds. The summed E-state index contributed by atoms with van der Waals surface area (Å²) < 4.78 is 0. The Balaban J connectivity index is 1.80. The summed E-state index contributed by atoms with van der Waals surface area (Å²) in [7, 11) is 0. The summed E-state index contributed by atoms with van der Waals surface area (Å²) in [6.07, 6.45) is 4.35. The van der Waals surface area contributed by atoms with Crippen molar-refractivity contribution in [3.8, 4) is 0 Å². The third-order valence-corrected chi connectivity index (χ3v) is 5.34. The summed E-state index contributed by atoms with van der Waals surface area (Å²) >= 11 is 1.76. The summed E-state index contributed by atoms with van der Waals surface area (Å²) in [6, 6.07) is 2.86. The molecule has 2 atom stereocenters. The molecule has 2 fully saturated rings. The molecule has 0 aromatic carbocycles. The van der Waals surface area contributed by atoms with Crippen molar-refractivity contribution in [3.05, 3.63) is 17.3 Å². The average Bonchev–Trinajstić information content (AvgIpc) is 3.02. The molecule has 0 bridgehead atoms. The molecule has 0 radical (unpaired) electrons. The second-order valence-electron chi connectivity index (χ2n) is 5.59. The zero-order chi connectivity index (χ0) is 12.8. The summed E-state index contributed by atoms with van der Waals surface area (Å²) in [5.74, 6) is 1.94. The number of hydrogen-bond donors (Lipinski definition) is 1. The number of nitrogens with zero attached hydrogens (tertiary/aromatic N) is 3. The minimum Gasteiger partial charge on any atom is -0.351 e. The number of piperidine rings is 1. The summed E-state index contributed by atoms with van der Waals surface area (Å²) in [4.78, 5) is 14.0. The highest BCUT2D eigenvalue weighted by atomic mass is 32.1. The van der Waals surface area contributed by atoms with Crippen molar-refractivity contribution in [2.24, 2.45) is 5.92 Å². The van der Waals surface area contributed by atoms with Crippen LogP contribution in [0.4, 0.5) is 5.82 Å². The van der Waals surface area contributed by atoms with Crippen LogP contribution in [0.2, 0.25) is 0 Å². The number of nitrogens with one attached hydrogen (secondary N) is 1. The number of thiophene rings is 1. The van der Waals surface area contributed by atoms with E-state index in [9.17, 15) is 0 Å². The number of rotatable bonds is 1. The predicted molar refractivity (Wildman–Crippen MR) is 78.9 cm³/mol. The lowest BCUT2D eigenvalue weighted by Gasteiger charge is -2.38. The molecule has 5 heteroatoms. The normalized spacial score (nSPS) is 26.9. The molecule has 2 aliphatic rings. The first-order valence-corrected chi connectivity index (χ1v) is 7.83. The molecule has 2 aromatic heterocycles. The van der Waals surface area contributed by atoms with Crippen LogP contribution in [0.5, 0.6) is 0 Å². The molecule has 4 heterocycles. The van der Waals surface area contributed by atoms with Crippen LogP contribution in [0.3, 0.4) is 0 Å². The summed E-state index contributed by atoms with van der Waals surface area (Å²) in [5, 5.41) is 4.77. The van der Waals surface area contributed by atoms with Crippen LogP contribution in [-0.2, 0) is 0 Å². The van der Waals surface area contributed by atoms with Gasteiger partial charge in [0.05, 0.1) is 5.39 Å². The van der Waals surface area contributed by atoms with Gasteiger partial charge in [0.1, 0.15) is 17.0 Å². The van der Waals surface area contributed by atoms with E-state index < -0.39 is 0 Å². The van der Waals surface area contributed by atoms with Gasteiger partial charge in [0.25, 0.3) is 0 Å². The number of anilines is 1. The maximum absolute atomic E-state index is 4.60. The molecule has 2 saturated heterocycles. The molecular weight excluding hydrogens is 256 g/mol. The van der Waals surface area contributed by atoms with E-state index in [0.717, 1.165) is 36.2 Å². The van der Waals surface area contributed by atoms with Crippen molar-refractivity contribution in [2.45, 2.75) is 25.8 Å². The highest BCUT2D eigenvalue weighted by Gasteiger charge is 2.36. The van der Waals surface area contributed by atoms with Crippen molar-refractivity contribution in [2.75, 3.05) is 24.5 Å². The summed E-state index contributed by atoms with van der Waals surface area (Å²) in [6.45, 7) is 5.54. The maximum Gasteiger partial charge on any atom is 0.141 e. The Bertz CT molecular complexity index is 609. The van der Waals surface area contributed by atoms with Crippen LogP contribution in [0.15, 0.2) is 12.4 Å². The topological polar surface area (TPSA) is 41.0 Å². The number of fused-ring (bicyclic) bond motifs is 2. The lowest BCUT2D eigenvalue weighted by Crippen LogP contribution is -2.45. The van der Waals surface area contributed by atoms with Gasteiger partial charge in [-0.25, -0.2) is 9.97 Å². The van der Waals surface area contributed by atoms with Gasteiger partial charge in [0.15, 0.2) is 0 Å². The molecule has 4 rings (SSSR count). The van der Waals surface area contributed by atoms with E-state index >= 15 is 0 Å². The first-order chi connectivity index (χ1) is 9.33. The van der Waals surface area contributed by atoms with E-state index in [1.54, 1.807) is 17.7 Å². The van der Waals surface area contributed by atoms with Gasteiger partial charge in [0.2, 0.25) is 0 Å². The minimum absolute atomic E-state index is 0.618. The Hall–Kier alpha value is -1.20. The van der Waals surface area contributed by atoms with Crippen molar-refractivity contribution >= 4 is 27.4 Å². The predicted octanol–water partition coefficient (Wildman–Crippen LogP) is 2.19. The van der Waals surface area contributed by atoms with Crippen molar-refractivity contribution in [1.82, 2.24) is 15.3 Å². The fourth-order valence-corrected chi connectivity index (χ4v) is 4.37. The van der Waals surface area contributed by atoms with Gasteiger partial charge in [-0.05, 0) is 31.7 Å². The standard InChI is InChI=1S/C14H18N4S/c1-9-5-11-13(16-8-17-14(11)19-9)18-4-2-3-10-6-15-7-12(10)18/h5,8,10,12,15H,2-4,6-7H2,1H3. The van der Waals surface area contributed by atoms with Gasteiger partial charge in [-0.3, -0.25) is 0 Å². The van der Waals surface area contributed by atoms with E-state index in [1.807, 2.05) is 0 Å². The highest BCUT2D eigenvalue weighted by Crippen LogP contribution is 2.35. The molecule has 4 nitrogen and oxygen atoms in total. The van der Waals surface area contributed by atoms with Crippen LogP contribution in [0, 0.1) is 12.8 Å². The zero-order valence-corrected chi connectivity index (χ0v) is 11.9. The van der Waals surface area contributed by atoms with Gasteiger partial charge in [-0.1, -0.05) is 0 Å². The Kier molecular flexibility index (Phi) is 2.70. The first kappa shape index (κ1) is 11.6. The van der Waals surface area contributed by atoms with Gasteiger partial charge >= 0.3 is 0 Å². The molecule has 1 N–H and O–H groups in total. The fraction of sp³-hybridized carbons (Fsp3) is 0.571. The SMILES string of the molecule is Cc1cc2c(N3CCCC4CNCC43)ncnc2s1. The Labute approximate surface area is 116 Å². The van der Waals surface area contributed by atoms with Crippen molar-refractivity contribution < 1.29 is 0 Å². The second kappa shape index (κ2) is 4.42. The van der Waals surface area contributed by atoms with E-state index in [2.05, 4.69) is 33.2 Å². The Morgan fingerprint density at radius 1 is 1.37 bits per heavy atom. The molecule has 0 saturated carbocycles. The zero-order valence-electron chi connectivity index (χ0n) is 11.1. The van der Waals surface area contributed by atoms with Crippen molar-refractivity contribution in [3.63, 3.8) is 0 Å². The van der Waals surface area contributed by atoms with Gasteiger partial charge in [0, 0.05) is 30.6 Å². The first-order valence-electron chi connectivity index (χ1n) is 7.01. The van der Waals surface area contributed by atoms with Crippen LogP contribution in [0.1, 0.15) is 17.7 Å². The van der Waals surface area contributed by atoms with Crippen molar-refractivity contribution in [1.29, 1.82) is 0 Å². The summed E-state index contributed by atoms with van der Waals surface area (Å²) in [5.41, 5.74) is 0. The monoisotopic (exact) mass is 274 g/mol. The average molecular weight is 274 g/mol. The third-order valence-electron chi connectivity index (χ3n) is 4.38. The minimum atomic E-state index is 0.618. The maximum atomic E-state index is 4.60. The van der Waals surface area contributed by atoms with Crippen LogP contribution in [-0.4, -0.2) is 35.6 Å². The Morgan fingerprint density at radius 3 is 3.26 bits per heavy atom. The molecule has 19 heavy (non-hydrogen) atoms. The number of aromatic nitrogens is 2. The molecule has 2 unspecified atom stereocenters. The second-order valence-corrected chi connectivity index (χ2v) is 6.83. The smallest absolute Gasteiger partial charge is 0.141 e. The van der Waals surface area contributed by atoms with Gasteiger partial charge < -0.3 is 10.2 Å². The van der Waals surface area contributed by atoms with Gasteiger partial charge in [-0.15, -0.1) is 11.3 Å². The fourth-order valence-electron chi connectivity index (χ4n) is 3.52. The molecule has 0 aliphatic carbocycles.